The number of fused-ring (bicyclic) bond motifs is 2. The van der Waals surface area contributed by atoms with Gasteiger partial charge in [-0.1, -0.05) is 19.3 Å². The van der Waals surface area contributed by atoms with Crippen molar-refractivity contribution < 1.29 is 4.79 Å². The second-order valence-electron chi connectivity index (χ2n) is 11.4. The lowest BCUT2D eigenvalue weighted by Gasteiger charge is -2.35. The van der Waals surface area contributed by atoms with Crippen molar-refractivity contribution in [2.24, 2.45) is 5.92 Å². The van der Waals surface area contributed by atoms with E-state index in [-0.39, 0.29) is 5.91 Å². The van der Waals surface area contributed by atoms with Gasteiger partial charge in [0.1, 0.15) is 0 Å². The van der Waals surface area contributed by atoms with Crippen molar-refractivity contribution in [3.8, 4) is 0 Å². The van der Waals surface area contributed by atoms with Gasteiger partial charge in [0.2, 0.25) is 11.9 Å². The Bertz CT molecular complexity index is 1670. The predicted octanol–water partition coefficient (Wildman–Crippen LogP) is 4.96. The molecule has 3 aromatic heterocycles. The first kappa shape index (κ1) is 25.6. The van der Waals surface area contributed by atoms with E-state index < -0.39 is 0 Å². The molecule has 2 aromatic carbocycles. The van der Waals surface area contributed by atoms with Gasteiger partial charge in [-0.2, -0.15) is 5.10 Å². The molecule has 0 radical (unpaired) electrons. The van der Waals surface area contributed by atoms with Gasteiger partial charge < -0.3 is 24.7 Å². The summed E-state index contributed by atoms with van der Waals surface area (Å²) in [7, 11) is 2.13. The van der Waals surface area contributed by atoms with Gasteiger partial charge in [0.05, 0.1) is 34.0 Å². The molecule has 41 heavy (non-hydrogen) atoms. The van der Waals surface area contributed by atoms with Crippen LogP contribution in [0.3, 0.4) is 0 Å². The van der Waals surface area contributed by atoms with Crippen LogP contribution in [0.1, 0.15) is 42.5 Å². The van der Waals surface area contributed by atoms with Gasteiger partial charge in [-0.05, 0) is 56.1 Å². The molecule has 11 nitrogen and oxygen atoms in total. The topological polar surface area (TPSA) is 123 Å². The molecule has 1 saturated carbocycles. The van der Waals surface area contributed by atoms with Gasteiger partial charge in [-0.3, -0.25) is 15.2 Å². The number of H-pyrrole nitrogens is 2. The molecule has 1 amide bonds. The molecule has 2 aliphatic rings. The highest BCUT2D eigenvalue weighted by molar-refractivity contribution is 6.11. The first-order valence-corrected chi connectivity index (χ1v) is 14.6. The van der Waals surface area contributed by atoms with Crippen LogP contribution in [-0.4, -0.2) is 73.8 Å². The maximum atomic E-state index is 13.7. The highest BCUT2D eigenvalue weighted by Crippen LogP contribution is 2.31. The third kappa shape index (κ3) is 5.37. The summed E-state index contributed by atoms with van der Waals surface area (Å²) in [6.07, 6.45) is 12.2. The molecule has 1 aliphatic heterocycles. The van der Waals surface area contributed by atoms with Crippen LogP contribution in [0.25, 0.3) is 21.9 Å². The number of aromatic nitrogens is 6. The quantitative estimate of drug-likeness (QED) is 0.225. The summed E-state index contributed by atoms with van der Waals surface area (Å²) in [4.78, 5) is 31.1. The lowest BCUT2D eigenvalue weighted by molar-refractivity contribution is 0.102. The van der Waals surface area contributed by atoms with Gasteiger partial charge in [0.15, 0.2) is 0 Å². The molecule has 4 N–H and O–H groups in total. The lowest BCUT2D eigenvalue weighted by Crippen LogP contribution is -2.45. The summed E-state index contributed by atoms with van der Waals surface area (Å²) in [5.41, 5.74) is 4.70. The van der Waals surface area contributed by atoms with E-state index in [0.717, 1.165) is 66.3 Å². The fourth-order valence-corrected chi connectivity index (χ4v) is 6.14. The van der Waals surface area contributed by atoms with E-state index in [0.29, 0.717) is 23.1 Å². The number of imidazole rings is 2. The van der Waals surface area contributed by atoms with Crippen LogP contribution >= 0.6 is 0 Å². The van der Waals surface area contributed by atoms with Gasteiger partial charge >= 0.3 is 0 Å². The molecule has 4 heterocycles. The van der Waals surface area contributed by atoms with Crippen LogP contribution in [-0.2, 0) is 6.54 Å². The number of hydrogen-bond acceptors (Lipinski definition) is 7. The molecule has 0 spiro atoms. The summed E-state index contributed by atoms with van der Waals surface area (Å²) >= 11 is 0. The Morgan fingerprint density at radius 3 is 2.76 bits per heavy atom. The number of nitrogens with zero attached hydrogens (tertiary/aromatic N) is 6. The fourth-order valence-electron chi connectivity index (χ4n) is 6.14. The number of carbonyl (C=O) groups is 1. The third-order valence-corrected chi connectivity index (χ3v) is 8.51. The Kier molecular flexibility index (Phi) is 6.79. The largest absolute Gasteiger partial charge is 0.368 e. The number of benzene rings is 2. The van der Waals surface area contributed by atoms with Crippen LogP contribution in [0, 0.1) is 5.92 Å². The Balaban J connectivity index is 1.18. The van der Waals surface area contributed by atoms with Gasteiger partial charge in [-0.25, -0.2) is 9.97 Å². The maximum Gasteiger partial charge on any atom is 0.257 e. The van der Waals surface area contributed by atoms with Crippen molar-refractivity contribution >= 4 is 51.1 Å². The normalized spacial score (nSPS) is 17.0. The second-order valence-corrected chi connectivity index (χ2v) is 11.4. The molecular formula is C30H36N10O. The van der Waals surface area contributed by atoms with Gasteiger partial charge in [-0.15, -0.1) is 0 Å². The summed E-state index contributed by atoms with van der Waals surface area (Å²) in [5, 5.41) is 14.5. The number of amides is 1. The van der Waals surface area contributed by atoms with E-state index >= 15 is 0 Å². The molecule has 2 fully saturated rings. The maximum absolute atomic E-state index is 13.7. The van der Waals surface area contributed by atoms with E-state index in [9.17, 15) is 4.79 Å². The standard InChI is InChI=1S/C30H36N10O/c1-38-11-13-39(14-12-38)27-17-26-25(16-23(27)28(41)33-22-8-7-21-18-32-37-24(21)15-22)34-29(35-26)36-30-31-9-10-40(30)19-20-5-3-2-4-6-20/h7-10,15-18,20H,2-6,11-14,19H2,1H3,(H,32,37)(H,33,41)(H2,31,34,35,36). The molecule has 0 atom stereocenters. The fraction of sp³-hybridized carbons (Fsp3) is 0.400. The highest BCUT2D eigenvalue weighted by atomic mass is 16.1. The Hall–Kier alpha value is -4.38. The second kappa shape index (κ2) is 10.9. The number of piperazine rings is 1. The first-order chi connectivity index (χ1) is 20.1. The molecule has 212 valence electrons. The predicted molar refractivity (Wildman–Crippen MR) is 162 cm³/mol. The molecule has 11 heteroatoms. The lowest BCUT2D eigenvalue weighted by atomic mass is 9.89. The van der Waals surface area contributed by atoms with Crippen LogP contribution in [0.15, 0.2) is 48.9 Å². The van der Waals surface area contributed by atoms with E-state index in [1.54, 1.807) is 6.20 Å². The highest BCUT2D eigenvalue weighted by Gasteiger charge is 2.23. The molecular weight excluding hydrogens is 516 g/mol. The number of anilines is 4. The van der Waals surface area contributed by atoms with Crippen LogP contribution in [0.5, 0.6) is 0 Å². The Morgan fingerprint density at radius 1 is 1.05 bits per heavy atom. The number of aromatic amines is 2. The van der Waals surface area contributed by atoms with Crippen molar-refractivity contribution in [1.29, 1.82) is 0 Å². The van der Waals surface area contributed by atoms with Crippen molar-refractivity contribution in [3.05, 3.63) is 54.5 Å². The molecule has 7 rings (SSSR count). The molecule has 0 unspecified atom stereocenters. The summed E-state index contributed by atoms with van der Waals surface area (Å²) in [6, 6.07) is 9.70. The van der Waals surface area contributed by atoms with Gasteiger partial charge in [0, 0.05) is 56.2 Å². The van der Waals surface area contributed by atoms with E-state index in [1.807, 2.05) is 42.7 Å². The van der Waals surface area contributed by atoms with E-state index in [4.69, 9.17) is 4.98 Å². The third-order valence-electron chi connectivity index (χ3n) is 8.51. The van der Waals surface area contributed by atoms with Crippen LogP contribution < -0.4 is 15.5 Å². The van der Waals surface area contributed by atoms with Crippen molar-refractivity contribution in [2.75, 3.05) is 48.8 Å². The zero-order valence-electron chi connectivity index (χ0n) is 23.4. The summed E-state index contributed by atoms with van der Waals surface area (Å²) < 4.78 is 2.19. The molecule has 1 aliphatic carbocycles. The zero-order valence-corrected chi connectivity index (χ0v) is 23.4. The molecule has 5 aromatic rings. The number of likely N-dealkylation sites (N-methyl/N-ethyl adjacent to an activating group) is 1. The minimum Gasteiger partial charge on any atom is -0.368 e. The average Bonchev–Trinajstić information content (AvgIpc) is 3.73. The number of rotatable bonds is 7. The van der Waals surface area contributed by atoms with E-state index in [2.05, 4.69) is 52.2 Å². The van der Waals surface area contributed by atoms with Gasteiger partial charge in [0.25, 0.3) is 5.91 Å². The van der Waals surface area contributed by atoms with Crippen LogP contribution in [0.4, 0.5) is 23.3 Å². The van der Waals surface area contributed by atoms with Crippen molar-refractivity contribution in [1.82, 2.24) is 34.6 Å². The number of carbonyl (C=O) groups excluding carboxylic acids is 1. The monoisotopic (exact) mass is 552 g/mol. The Labute approximate surface area is 238 Å². The minimum absolute atomic E-state index is 0.160. The van der Waals surface area contributed by atoms with Crippen molar-refractivity contribution in [3.63, 3.8) is 0 Å². The summed E-state index contributed by atoms with van der Waals surface area (Å²) in [6.45, 7) is 4.52. The SMILES string of the molecule is CN1CCN(c2cc3nc(Nc4nccn4CC4CCCCC4)[nH]c3cc2C(=O)Nc2ccc3cn[nH]c3c2)CC1. The van der Waals surface area contributed by atoms with Crippen LogP contribution in [0.2, 0.25) is 0 Å². The average molecular weight is 553 g/mol. The minimum atomic E-state index is -0.160. The molecule has 1 saturated heterocycles. The summed E-state index contributed by atoms with van der Waals surface area (Å²) in [5.74, 6) is 1.92. The van der Waals surface area contributed by atoms with E-state index in [1.165, 1.54) is 32.1 Å². The first-order valence-electron chi connectivity index (χ1n) is 14.6. The Morgan fingerprint density at radius 2 is 1.90 bits per heavy atom. The number of hydrogen-bond donors (Lipinski definition) is 4. The zero-order chi connectivity index (χ0) is 27.8. The van der Waals surface area contributed by atoms with Crippen molar-refractivity contribution in [2.45, 2.75) is 38.6 Å². The number of nitrogens with one attached hydrogen (secondary N) is 4. The smallest absolute Gasteiger partial charge is 0.257 e. The molecule has 0 bridgehead atoms.